The van der Waals surface area contributed by atoms with E-state index in [1.807, 2.05) is 0 Å². The predicted octanol–water partition coefficient (Wildman–Crippen LogP) is 0.353. The molecule has 1 aromatic rings. The molecule has 7 nitrogen and oxygen atoms in total. The highest BCUT2D eigenvalue weighted by molar-refractivity contribution is 5.99. The number of amides is 1. The molecule has 1 rings (SSSR count). The zero-order valence-electron chi connectivity index (χ0n) is 10.1. The highest BCUT2D eigenvalue weighted by Gasteiger charge is 2.24. The number of aliphatic carboxylic acids is 2. The smallest absolute Gasteiger partial charge is 0.326 e. The van der Waals surface area contributed by atoms with Gasteiger partial charge < -0.3 is 20.3 Å². The van der Waals surface area contributed by atoms with Crippen LogP contribution in [0.4, 0.5) is 0 Å². The summed E-state index contributed by atoms with van der Waals surface area (Å²) in [4.78, 5) is 33.2. The zero-order valence-corrected chi connectivity index (χ0v) is 10.1. The fraction of sp³-hybridized carbons (Fsp3) is 0.250. The molecule has 0 spiro atoms. The maximum absolute atomic E-state index is 11.9. The molecular weight excluding hydrogens is 254 g/mol. The highest BCUT2D eigenvalue weighted by atomic mass is 16.5. The predicted molar refractivity (Wildman–Crippen MR) is 64.1 cm³/mol. The maximum atomic E-state index is 11.9. The van der Waals surface area contributed by atoms with Crippen LogP contribution in [0, 0.1) is 0 Å². The summed E-state index contributed by atoms with van der Waals surface area (Å²) < 4.78 is 4.97. The van der Waals surface area contributed by atoms with Crippen LogP contribution in [0.5, 0.6) is 5.75 Å². The molecule has 1 atom stereocenters. The standard InChI is InChI=1S/C12H13NO6/c1-19-9-5-3-2-4-7(9)11(16)13-8(12(17)18)6-10(14)15/h2-5,8H,6H2,1H3,(H,13,16)(H,14,15)(H,17,18)/t8-/m1/s1. The number of hydrogen-bond acceptors (Lipinski definition) is 4. The van der Waals surface area contributed by atoms with E-state index < -0.39 is 30.3 Å². The molecule has 0 aliphatic rings. The number of ether oxygens (including phenoxy) is 1. The Morgan fingerprint density at radius 2 is 1.89 bits per heavy atom. The highest BCUT2D eigenvalue weighted by Crippen LogP contribution is 2.17. The minimum absolute atomic E-state index is 0.140. The normalized spacial score (nSPS) is 11.4. The van der Waals surface area contributed by atoms with Crippen LogP contribution in [0.25, 0.3) is 0 Å². The Kier molecular flexibility index (Phi) is 4.87. The van der Waals surface area contributed by atoms with Crippen LogP contribution in [-0.4, -0.2) is 41.2 Å². The van der Waals surface area contributed by atoms with Gasteiger partial charge in [0.2, 0.25) is 0 Å². The lowest BCUT2D eigenvalue weighted by molar-refractivity contribution is -0.145. The largest absolute Gasteiger partial charge is 0.496 e. The third-order valence-corrected chi connectivity index (χ3v) is 2.33. The van der Waals surface area contributed by atoms with Gasteiger partial charge in [0.25, 0.3) is 5.91 Å². The Balaban J connectivity index is 2.87. The Morgan fingerprint density at radius 1 is 1.26 bits per heavy atom. The average Bonchev–Trinajstić information content (AvgIpc) is 2.37. The molecule has 0 saturated heterocycles. The number of hydrogen-bond donors (Lipinski definition) is 3. The van der Waals surface area contributed by atoms with E-state index in [-0.39, 0.29) is 11.3 Å². The molecule has 0 aliphatic carbocycles. The monoisotopic (exact) mass is 267 g/mol. The van der Waals surface area contributed by atoms with E-state index in [2.05, 4.69) is 5.32 Å². The Labute approximate surface area is 108 Å². The van der Waals surface area contributed by atoms with Crippen LogP contribution in [-0.2, 0) is 9.59 Å². The zero-order chi connectivity index (χ0) is 14.4. The van der Waals surface area contributed by atoms with Gasteiger partial charge in [-0.25, -0.2) is 4.79 Å². The van der Waals surface area contributed by atoms with Crippen molar-refractivity contribution in [3.63, 3.8) is 0 Å². The summed E-state index contributed by atoms with van der Waals surface area (Å²) in [5, 5.41) is 19.6. The summed E-state index contributed by atoms with van der Waals surface area (Å²) in [5.74, 6) is -3.15. The molecular formula is C12H13NO6. The second-order valence-electron chi connectivity index (χ2n) is 3.66. The molecule has 102 valence electrons. The first-order valence-corrected chi connectivity index (χ1v) is 5.34. The van der Waals surface area contributed by atoms with Crippen molar-refractivity contribution in [2.24, 2.45) is 0 Å². The molecule has 0 aromatic heterocycles. The van der Waals surface area contributed by atoms with E-state index in [1.165, 1.54) is 13.2 Å². The molecule has 0 unspecified atom stereocenters. The first-order chi connectivity index (χ1) is 8.95. The van der Waals surface area contributed by atoms with E-state index in [1.54, 1.807) is 18.2 Å². The van der Waals surface area contributed by atoms with Gasteiger partial charge in [0.1, 0.15) is 11.8 Å². The van der Waals surface area contributed by atoms with E-state index in [0.29, 0.717) is 0 Å². The summed E-state index contributed by atoms with van der Waals surface area (Å²) in [6.07, 6.45) is -0.698. The molecule has 0 heterocycles. The van der Waals surface area contributed by atoms with Gasteiger partial charge in [-0.15, -0.1) is 0 Å². The summed E-state index contributed by atoms with van der Waals surface area (Å²) in [5.41, 5.74) is 0.140. The van der Waals surface area contributed by atoms with Crippen LogP contribution >= 0.6 is 0 Å². The quantitative estimate of drug-likeness (QED) is 0.685. The Hall–Kier alpha value is -2.57. The lowest BCUT2D eigenvalue weighted by Gasteiger charge is -2.13. The van der Waals surface area contributed by atoms with Crippen molar-refractivity contribution >= 4 is 17.8 Å². The third kappa shape index (κ3) is 3.98. The topological polar surface area (TPSA) is 113 Å². The van der Waals surface area contributed by atoms with Crippen molar-refractivity contribution in [3.8, 4) is 5.75 Å². The molecule has 1 aromatic carbocycles. The van der Waals surface area contributed by atoms with E-state index in [9.17, 15) is 14.4 Å². The van der Waals surface area contributed by atoms with Crippen molar-refractivity contribution in [1.82, 2.24) is 5.32 Å². The van der Waals surface area contributed by atoms with E-state index in [0.717, 1.165) is 0 Å². The van der Waals surface area contributed by atoms with Crippen molar-refractivity contribution in [1.29, 1.82) is 0 Å². The number of carbonyl (C=O) groups excluding carboxylic acids is 1. The third-order valence-electron chi connectivity index (χ3n) is 2.33. The summed E-state index contributed by atoms with van der Waals surface area (Å²) in [6.45, 7) is 0. The van der Waals surface area contributed by atoms with Gasteiger partial charge >= 0.3 is 11.9 Å². The molecule has 0 saturated carbocycles. The van der Waals surface area contributed by atoms with E-state index in [4.69, 9.17) is 14.9 Å². The van der Waals surface area contributed by atoms with Crippen molar-refractivity contribution in [2.45, 2.75) is 12.5 Å². The first-order valence-electron chi connectivity index (χ1n) is 5.34. The van der Waals surface area contributed by atoms with Gasteiger partial charge in [0.05, 0.1) is 19.1 Å². The number of carbonyl (C=O) groups is 3. The van der Waals surface area contributed by atoms with Gasteiger partial charge in [0.15, 0.2) is 0 Å². The number of para-hydroxylation sites is 1. The Morgan fingerprint density at radius 3 is 2.42 bits per heavy atom. The molecule has 0 radical (unpaired) electrons. The maximum Gasteiger partial charge on any atom is 0.326 e. The van der Waals surface area contributed by atoms with Crippen molar-refractivity contribution < 1.29 is 29.3 Å². The Bertz CT molecular complexity index is 499. The summed E-state index contributed by atoms with van der Waals surface area (Å²) in [6, 6.07) is 4.75. The van der Waals surface area contributed by atoms with Gasteiger partial charge in [-0.3, -0.25) is 9.59 Å². The van der Waals surface area contributed by atoms with Gasteiger partial charge in [-0.1, -0.05) is 12.1 Å². The molecule has 3 N–H and O–H groups in total. The summed E-state index contributed by atoms with van der Waals surface area (Å²) in [7, 11) is 1.37. The molecule has 0 aliphatic heterocycles. The fourth-order valence-electron chi connectivity index (χ4n) is 1.44. The number of carboxylic acid groups (broad SMARTS) is 2. The van der Waals surface area contributed by atoms with Gasteiger partial charge in [-0.05, 0) is 12.1 Å². The van der Waals surface area contributed by atoms with Gasteiger partial charge in [0, 0.05) is 0 Å². The molecule has 19 heavy (non-hydrogen) atoms. The fourth-order valence-corrected chi connectivity index (χ4v) is 1.44. The summed E-state index contributed by atoms with van der Waals surface area (Å²) >= 11 is 0. The number of nitrogens with one attached hydrogen (secondary N) is 1. The van der Waals surface area contributed by atoms with Crippen LogP contribution in [0.15, 0.2) is 24.3 Å². The van der Waals surface area contributed by atoms with Crippen molar-refractivity contribution in [3.05, 3.63) is 29.8 Å². The number of rotatable bonds is 6. The minimum Gasteiger partial charge on any atom is -0.496 e. The van der Waals surface area contributed by atoms with Crippen molar-refractivity contribution in [2.75, 3.05) is 7.11 Å². The SMILES string of the molecule is COc1ccccc1C(=O)N[C@H](CC(=O)O)C(=O)O. The second-order valence-corrected chi connectivity index (χ2v) is 3.66. The minimum atomic E-state index is -1.49. The van der Waals surface area contributed by atoms with E-state index >= 15 is 0 Å². The second kappa shape index (κ2) is 6.39. The lowest BCUT2D eigenvalue weighted by atomic mass is 10.1. The van der Waals surface area contributed by atoms with Gasteiger partial charge in [-0.2, -0.15) is 0 Å². The average molecular weight is 267 g/mol. The number of carboxylic acids is 2. The first kappa shape index (κ1) is 14.5. The number of methoxy groups -OCH3 is 1. The van der Waals surface area contributed by atoms with Crippen LogP contribution < -0.4 is 10.1 Å². The van der Waals surface area contributed by atoms with Crippen LogP contribution in [0.3, 0.4) is 0 Å². The molecule has 0 fully saturated rings. The number of benzene rings is 1. The van der Waals surface area contributed by atoms with Crippen LogP contribution in [0.1, 0.15) is 16.8 Å². The molecule has 0 bridgehead atoms. The van der Waals surface area contributed by atoms with Crippen LogP contribution in [0.2, 0.25) is 0 Å². The molecule has 7 heteroatoms. The lowest BCUT2D eigenvalue weighted by Crippen LogP contribution is -2.42. The molecule has 1 amide bonds.